The highest BCUT2D eigenvalue weighted by Gasteiger charge is 2.28. The lowest BCUT2D eigenvalue weighted by molar-refractivity contribution is -0.129. The van der Waals surface area contributed by atoms with Crippen LogP contribution in [0.25, 0.3) is 0 Å². The highest BCUT2D eigenvalue weighted by atomic mass is 32.2. The van der Waals surface area contributed by atoms with Crippen molar-refractivity contribution in [2.75, 3.05) is 25.4 Å². The van der Waals surface area contributed by atoms with Crippen molar-refractivity contribution in [1.29, 1.82) is 0 Å². The molecule has 1 rings (SSSR count). The van der Waals surface area contributed by atoms with E-state index in [-0.39, 0.29) is 18.4 Å². The van der Waals surface area contributed by atoms with Gasteiger partial charge in [-0.05, 0) is 45.2 Å². The molecule has 10 nitrogen and oxygen atoms in total. The van der Waals surface area contributed by atoms with Gasteiger partial charge in [0.05, 0.1) is 0 Å². The van der Waals surface area contributed by atoms with Gasteiger partial charge >= 0.3 is 0 Å². The smallest absolute Gasteiger partial charge is 0.267 e. The lowest BCUT2D eigenvalue weighted by Crippen LogP contribution is -2.54. The monoisotopic (exact) mass is 448 g/mol. The first-order chi connectivity index (χ1) is 14.2. The molecule has 0 aromatic rings. The van der Waals surface area contributed by atoms with E-state index in [4.69, 9.17) is 4.55 Å². The van der Waals surface area contributed by atoms with Gasteiger partial charge in [0.25, 0.3) is 10.1 Å². The Hall–Kier alpha value is -1.72. The fourth-order valence-corrected chi connectivity index (χ4v) is 3.82. The predicted molar refractivity (Wildman–Crippen MR) is 113 cm³/mol. The Morgan fingerprint density at radius 1 is 1.03 bits per heavy atom. The summed E-state index contributed by atoms with van der Waals surface area (Å²) in [6, 6.07) is -1.42. The second kappa shape index (κ2) is 14.3. The van der Waals surface area contributed by atoms with Gasteiger partial charge in [-0.15, -0.1) is 0 Å². The third-order valence-electron chi connectivity index (χ3n) is 4.87. The maximum atomic E-state index is 12.4. The van der Waals surface area contributed by atoms with Crippen molar-refractivity contribution < 1.29 is 27.4 Å². The SMILES string of the molecule is CCCCC(=O)NCCCCCC(=O)NC(CS(=O)(=O)O)C(=O)NC1CCNCC1. The number of nitrogens with one attached hydrogen (secondary N) is 4. The number of unbranched alkanes of at least 4 members (excludes halogenated alkanes) is 3. The lowest BCUT2D eigenvalue weighted by atomic mass is 10.1. The third kappa shape index (κ3) is 12.8. The van der Waals surface area contributed by atoms with Crippen molar-refractivity contribution in [2.45, 2.75) is 76.8 Å². The minimum Gasteiger partial charge on any atom is -0.356 e. The Bertz CT molecular complexity index is 649. The van der Waals surface area contributed by atoms with Crippen LogP contribution in [0.3, 0.4) is 0 Å². The number of rotatable bonds is 14. The molecule has 5 N–H and O–H groups in total. The number of piperidine rings is 1. The Balaban J connectivity index is 2.35. The summed E-state index contributed by atoms with van der Waals surface area (Å²) in [5.74, 6) is -1.89. The molecule has 0 aromatic carbocycles. The van der Waals surface area contributed by atoms with Crippen LogP contribution >= 0.6 is 0 Å². The minimum atomic E-state index is -4.43. The predicted octanol–water partition coefficient (Wildman–Crippen LogP) is 0.0940. The quantitative estimate of drug-likeness (QED) is 0.186. The lowest BCUT2D eigenvalue weighted by Gasteiger charge is -2.26. The van der Waals surface area contributed by atoms with Crippen molar-refractivity contribution >= 4 is 27.8 Å². The van der Waals surface area contributed by atoms with E-state index in [1.807, 2.05) is 6.92 Å². The van der Waals surface area contributed by atoms with E-state index in [2.05, 4.69) is 21.3 Å². The van der Waals surface area contributed by atoms with E-state index in [1.165, 1.54) is 0 Å². The number of carbonyl (C=O) groups excluding carboxylic acids is 3. The molecule has 1 aliphatic rings. The molecule has 0 aliphatic carbocycles. The van der Waals surface area contributed by atoms with Crippen LogP contribution in [0.4, 0.5) is 0 Å². The number of hydrogen-bond donors (Lipinski definition) is 5. The van der Waals surface area contributed by atoms with E-state index in [0.717, 1.165) is 32.4 Å². The molecule has 0 radical (unpaired) electrons. The summed E-state index contributed by atoms with van der Waals surface area (Å²) >= 11 is 0. The zero-order valence-corrected chi connectivity index (χ0v) is 18.6. The zero-order chi connectivity index (χ0) is 22.4. The van der Waals surface area contributed by atoms with Crippen LogP contribution in [0.2, 0.25) is 0 Å². The molecule has 1 saturated heterocycles. The molecule has 11 heteroatoms. The Kier molecular flexibility index (Phi) is 12.6. The van der Waals surface area contributed by atoms with Gasteiger partial charge in [0.15, 0.2) is 0 Å². The molecule has 1 atom stereocenters. The molecule has 0 aromatic heterocycles. The van der Waals surface area contributed by atoms with Crippen LogP contribution in [-0.2, 0) is 24.5 Å². The van der Waals surface area contributed by atoms with Crippen molar-refractivity contribution in [3.8, 4) is 0 Å². The van der Waals surface area contributed by atoms with Crippen molar-refractivity contribution in [2.24, 2.45) is 0 Å². The molecule has 1 aliphatic heterocycles. The van der Waals surface area contributed by atoms with E-state index in [9.17, 15) is 22.8 Å². The van der Waals surface area contributed by atoms with Crippen molar-refractivity contribution in [1.82, 2.24) is 21.3 Å². The summed E-state index contributed by atoms with van der Waals surface area (Å²) in [6.45, 7) is 4.07. The molecular weight excluding hydrogens is 412 g/mol. The van der Waals surface area contributed by atoms with E-state index in [1.54, 1.807) is 0 Å². The average Bonchev–Trinajstić information content (AvgIpc) is 2.68. The normalized spacial score (nSPS) is 15.9. The summed E-state index contributed by atoms with van der Waals surface area (Å²) < 4.78 is 31.6. The second-order valence-electron chi connectivity index (χ2n) is 7.67. The molecular formula is C19H36N4O6S. The van der Waals surface area contributed by atoms with Crippen LogP contribution in [-0.4, -0.2) is 68.2 Å². The highest BCUT2D eigenvalue weighted by Crippen LogP contribution is 2.05. The molecule has 0 spiro atoms. The van der Waals surface area contributed by atoms with Crippen molar-refractivity contribution in [3.05, 3.63) is 0 Å². The summed E-state index contributed by atoms with van der Waals surface area (Å²) in [6.07, 6.45) is 5.91. The van der Waals surface area contributed by atoms with Crippen LogP contribution < -0.4 is 21.3 Å². The molecule has 174 valence electrons. The van der Waals surface area contributed by atoms with Gasteiger partial charge in [0.2, 0.25) is 17.7 Å². The van der Waals surface area contributed by atoms with Gasteiger partial charge in [-0.3, -0.25) is 18.9 Å². The first-order valence-electron chi connectivity index (χ1n) is 10.7. The van der Waals surface area contributed by atoms with Gasteiger partial charge in [0, 0.05) is 25.4 Å². The van der Waals surface area contributed by atoms with Gasteiger partial charge < -0.3 is 21.3 Å². The van der Waals surface area contributed by atoms with Crippen LogP contribution in [0, 0.1) is 0 Å². The Morgan fingerprint density at radius 3 is 2.33 bits per heavy atom. The minimum absolute atomic E-state index is 0.0300. The fraction of sp³-hybridized carbons (Fsp3) is 0.842. The zero-order valence-electron chi connectivity index (χ0n) is 17.7. The largest absolute Gasteiger partial charge is 0.356 e. The Labute approximate surface area is 179 Å². The van der Waals surface area contributed by atoms with E-state index in [0.29, 0.717) is 38.6 Å². The van der Waals surface area contributed by atoms with E-state index >= 15 is 0 Å². The fourth-order valence-electron chi connectivity index (χ4n) is 3.17. The standard InChI is InChI=1S/C19H36N4O6S/c1-2-3-7-17(24)21-11-6-4-5-8-18(25)23-16(14-30(27,28)29)19(26)22-15-9-12-20-13-10-15/h15-16,20H,2-14H2,1H3,(H,21,24)(H,22,26)(H,23,25)(H,27,28,29). The first-order valence-corrected chi connectivity index (χ1v) is 12.3. The molecule has 1 unspecified atom stereocenters. The third-order valence-corrected chi connectivity index (χ3v) is 5.63. The molecule has 1 heterocycles. The van der Waals surface area contributed by atoms with Gasteiger partial charge in [-0.25, -0.2) is 0 Å². The molecule has 30 heavy (non-hydrogen) atoms. The summed E-state index contributed by atoms with van der Waals surface area (Å²) in [5, 5.41) is 11.2. The van der Waals surface area contributed by atoms with Gasteiger partial charge in [-0.2, -0.15) is 8.42 Å². The summed E-state index contributed by atoms with van der Waals surface area (Å²) in [4.78, 5) is 36.1. The summed E-state index contributed by atoms with van der Waals surface area (Å²) in [5.41, 5.74) is 0. The maximum absolute atomic E-state index is 12.4. The average molecular weight is 449 g/mol. The van der Waals surface area contributed by atoms with Crippen LogP contribution in [0.5, 0.6) is 0 Å². The molecule has 1 fully saturated rings. The first kappa shape index (κ1) is 26.3. The van der Waals surface area contributed by atoms with Crippen molar-refractivity contribution in [3.63, 3.8) is 0 Å². The highest BCUT2D eigenvalue weighted by molar-refractivity contribution is 7.85. The van der Waals surface area contributed by atoms with E-state index < -0.39 is 33.7 Å². The van der Waals surface area contributed by atoms with Crippen LogP contribution in [0.1, 0.15) is 64.7 Å². The number of amides is 3. The molecule has 0 bridgehead atoms. The topological polar surface area (TPSA) is 154 Å². The molecule has 3 amide bonds. The second-order valence-corrected chi connectivity index (χ2v) is 9.16. The molecule has 0 saturated carbocycles. The number of hydrogen-bond acceptors (Lipinski definition) is 6. The van der Waals surface area contributed by atoms with Gasteiger partial charge in [0.1, 0.15) is 11.8 Å². The maximum Gasteiger partial charge on any atom is 0.267 e. The van der Waals surface area contributed by atoms with Crippen LogP contribution in [0.15, 0.2) is 0 Å². The number of carbonyl (C=O) groups is 3. The van der Waals surface area contributed by atoms with Gasteiger partial charge in [-0.1, -0.05) is 19.8 Å². The Morgan fingerprint density at radius 2 is 1.70 bits per heavy atom. The summed E-state index contributed by atoms with van der Waals surface area (Å²) in [7, 11) is -4.43.